The number of nitrogens with zero attached hydrogens (tertiary/aromatic N) is 1. The van der Waals surface area contributed by atoms with E-state index in [9.17, 15) is 5.11 Å². The normalized spacial score (nSPS) is 25.3. The zero-order chi connectivity index (χ0) is 13.2. The van der Waals surface area contributed by atoms with Crippen LogP contribution in [0.2, 0.25) is 0 Å². The van der Waals surface area contributed by atoms with Gasteiger partial charge in [0.05, 0.1) is 5.60 Å². The third kappa shape index (κ3) is 6.49. The van der Waals surface area contributed by atoms with Crippen LogP contribution in [0.5, 0.6) is 0 Å². The van der Waals surface area contributed by atoms with Gasteiger partial charge in [0.2, 0.25) is 0 Å². The Kier molecular flexibility index (Phi) is 11.5. The van der Waals surface area contributed by atoms with Gasteiger partial charge in [0, 0.05) is 12.6 Å². The van der Waals surface area contributed by atoms with Crippen LogP contribution < -0.4 is 0 Å². The third-order valence-corrected chi connectivity index (χ3v) is 2.97. The Labute approximate surface area is 103 Å². The lowest BCUT2D eigenvalue weighted by Crippen LogP contribution is -2.50. The molecule has 0 aromatic heterocycles. The number of likely N-dealkylation sites (tertiary alicyclic amines) is 1. The second kappa shape index (κ2) is 10.1. The van der Waals surface area contributed by atoms with Gasteiger partial charge in [-0.25, -0.2) is 0 Å². The summed E-state index contributed by atoms with van der Waals surface area (Å²) in [5, 5.41) is 10.1. The molecule has 1 fully saturated rings. The molecule has 1 unspecified atom stereocenters. The number of rotatable bonds is 2. The van der Waals surface area contributed by atoms with Crippen molar-refractivity contribution in [2.24, 2.45) is 0 Å². The average Bonchev–Trinajstić information content (AvgIpc) is 2.34. The largest absolute Gasteiger partial charge is 0.389 e. The minimum Gasteiger partial charge on any atom is -0.389 e. The van der Waals surface area contributed by atoms with Gasteiger partial charge < -0.3 is 5.11 Å². The maximum atomic E-state index is 10.1. The number of hydrogen-bond acceptors (Lipinski definition) is 2. The van der Waals surface area contributed by atoms with Gasteiger partial charge in [0.1, 0.15) is 0 Å². The van der Waals surface area contributed by atoms with E-state index in [0.717, 1.165) is 32.4 Å². The molecule has 0 aliphatic carbocycles. The Morgan fingerprint density at radius 2 is 1.69 bits per heavy atom. The van der Waals surface area contributed by atoms with Crippen LogP contribution in [0.15, 0.2) is 0 Å². The van der Waals surface area contributed by atoms with Crippen LogP contribution >= 0.6 is 0 Å². The number of β-amino-alcohol motifs (C(OH)–C–C–N with tert-alkyl or cyclic N) is 1. The molecule has 1 aliphatic heterocycles. The summed E-state index contributed by atoms with van der Waals surface area (Å²) >= 11 is 0. The minimum atomic E-state index is -0.400. The van der Waals surface area contributed by atoms with E-state index in [-0.39, 0.29) is 0 Å². The SMILES string of the molecule is CC.CC.CCC1(O)CCCN(C(C)C)C1. The quantitative estimate of drug-likeness (QED) is 0.783. The molecule has 1 saturated heterocycles. The molecule has 2 heteroatoms. The summed E-state index contributed by atoms with van der Waals surface area (Å²) in [7, 11) is 0. The van der Waals surface area contributed by atoms with E-state index in [1.807, 2.05) is 27.7 Å². The summed E-state index contributed by atoms with van der Waals surface area (Å²) in [6, 6.07) is 0.573. The smallest absolute Gasteiger partial charge is 0.0772 e. The number of piperidine rings is 1. The van der Waals surface area contributed by atoms with Gasteiger partial charge in [0.15, 0.2) is 0 Å². The molecule has 2 nitrogen and oxygen atoms in total. The highest BCUT2D eigenvalue weighted by molar-refractivity contribution is 4.86. The molecule has 1 rings (SSSR count). The van der Waals surface area contributed by atoms with E-state index in [1.54, 1.807) is 0 Å². The Morgan fingerprint density at radius 1 is 1.19 bits per heavy atom. The molecule has 16 heavy (non-hydrogen) atoms. The molecular formula is C14H33NO. The topological polar surface area (TPSA) is 23.5 Å². The lowest BCUT2D eigenvalue weighted by Gasteiger charge is -2.40. The molecule has 0 saturated carbocycles. The zero-order valence-electron chi connectivity index (χ0n) is 12.5. The Balaban J connectivity index is 0. The zero-order valence-corrected chi connectivity index (χ0v) is 12.5. The van der Waals surface area contributed by atoms with Crippen LogP contribution in [0.1, 0.15) is 67.7 Å². The van der Waals surface area contributed by atoms with E-state index in [0.29, 0.717) is 6.04 Å². The third-order valence-electron chi connectivity index (χ3n) is 2.97. The first kappa shape index (κ1) is 18.3. The summed E-state index contributed by atoms with van der Waals surface area (Å²) in [5.74, 6) is 0. The fourth-order valence-electron chi connectivity index (χ4n) is 1.88. The van der Waals surface area contributed by atoms with Crippen molar-refractivity contribution in [2.75, 3.05) is 13.1 Å². The van der Waals surface area contributed by atoms with E-state index < -0.39 is 5.60 Å². The molecule has 0 aromatic rings. The monoisotopic (exact) mass is 231 g/mol. The molecule has 1 N–H and O–H groups in total. The summed E-state index contributed by atoms with van der Waals surface area (Å²) < 4.78 is 0. The number of aliphatic hydroxyl groups is 1. The standard InChI is InChI=1S/C10H21NO.2C2H6/c1-4-10(12)6-5-7-11(8-10)9(2)3;2*1-2/h9,12H,4-8H2,1-3H3;2*1-2H3. The highest BCUT2D eigenvalue weighted by Crippen LogP contribution is 2.24. The van der Waals surface area contributed by atoms with Crippen LogP contribution in [0, 0.1) is 0 Å². The lowest BCUT2D eigenvalue weighted by molar-refractivity contribution is -0.0420. The second-order valence-electron chi connectivity index (χ2n) is 4.25. The predicted octanol–water partition coefficient (Wildman–Crippen LogP) is 3.68. The molecule has 100 valence electrons. The van der Waals surface area contributed by atoms with Gasteiger partial charge in [-0.15, -0.1) is 0 Å². The van der Waals surface area contributed by atoms with Crippen LogP contribution in [0.4, 0.5) is 0 Å². The van der Waals surface area contributed by atoms with E-state index in [1.165, 1.54) is 0 Å². The van der Waals surface area contributed by atoms with Crippen molar-refractivity contribution < 1.29 is 5.11 Å². The predicted molar refractivity (Wildman–Crippen MR) is 73.9 cm³/mol. The van der Waals surface area contributed by atoms with Gasteiger partial charge in [0.25, 0.3) is 0 Å². The fraction of sp³-hybridized carbons (Fsp3) is 1.00. The maximum absolute atomic E-state index is 10.1. The van der Waals surface area contributed by atoms with Gasteiger partial charge >= 0.3 is 0 Å². The highest BCUT2D eigenvalue weighted by atomic mass is 16.3. The van der Waals surface area contributed by atoms with Crippen molar-refractivity contribution in [3.05, 3.63) is 0 Å². The van der Waals surface area contributed by atoms with Gasteiger partial charge in [-0.2, -0.15) is 0 Å². The number of hydrogen-bond donors (Lipinski definition) is 1. The summed E-state index contributed by atoms with van der Waals surface area (Å²) in [5.41, 5.74) is -0.400. The first-order chi connectivity index (χ1) is 7.57. The van der Waals surface area contributed by atoms with Crippen LogP contribution in [-0.4, -0.2) is 34.7 Å². The Hall–Kier alpha value is -0.0800. The molecule has 0 bridgehead atoms. The molecule has 0 amide bonds. The van der Waals surface area contributed by atoms with Crippen molar-refractivity contribution >= 4 is 0 Å². The van der Waals surface area contributed by atoms with E-state index in [2.05, 4.69) is 25.7 Å². The van der Waals surface area contributed by atoms with Gasteiger partial charge in [-0.3, -0.25) is 4.90 Å². The van der Waals surface area contributed by atoms with Crippen molar-refractivity contribution in [1.82, 2.24) is 4.90 Å². The molecular weight excluding hydrogens is 198 g/mol. The van der Waals surface area contributed by atoms with E-state index in [4.69, 9.17) is 0 Å². The Morgan fingerprint density at radius 3 is 2.06 bits per heavy atom. The average molecular weight is 231 g/mol. The first-order valence-corrected chi connectivity index (χ1v) is 7.04. The van der Waals surface area contributed by atoms with Gasteiger partial charge in [-0.05, 0) is 39.7 Å². The van der Waals surface area contributed by atoms with Crippen LogP contribution in [0.25, 0.3) is 0 Å². The van der Waals surface area contributed by atoms with E-state index >= 15 is 0 Å². The molecule has 1 atom stereocenters. The fourth-order valence-corrected chi connectivity index (χ4v) is 1.88. The molecule has 0 spiro atoms. The summed E-state index contributed by atoms with van der Waals surface area (Å²) in [4.78, 5) is 2.37. The Bertz CT molecular complexity index is 148. The summed E-state index contributed by atoms with van der Waals surface area (Å²) in [6.45, 7) is 16.5. The summed E-state index contributed by atoms with van der Waals surface area (Å²) in [6.07, 6.45) is 3.01. The van der Waals surface area contributed by atoms with Gasteiger partial charge in [-0.1, -0.05) is 34.6 Å². The maximum Gasteiger partial charge on any atom is 0.0772 e. The molecule has 1 heterocycles. The molecule has 0 aromatic carbocycles. The first-order valence-electron chi connectivity index (χ1n) is 7.04. The molecule has 1 aliphatic rings. The van der Waals surface area contributed by atoms with Crippen molar-refractivity contribution in [3.63, 3.8) is 0 Å². The van der Waals surface area contributed by atoms with Crippen molar-refractivity contribution in [2.45, 2.75) is 79.4 Å². The van der Waals surface area contributed by atoms with Crippen molar-refractivity contribution in [3.8, 4) is 0 Å². The van der Waals surface area contributed by atoms with Crippen LogP contribution in [-0.2, 0) is 0 Å². The highest BCUT2D eigenvalue weighted by Gasteiger charge is 2.31. The van der Waals surface area contributed by atoms with Crippen molar-refractivity contribution in [1.29, 1.82) is 0 Å². The molecule has 0 radical (unpaired) electrons. The minimum absolute atomic E-state index is 0.400. The van der Waals surface area contributed by atoms with Crippen LogP contribution in [0.3, 0.4) is 0 Å². The second-order valence-corrected chi connectivity index (χ2v) is 4.25. The lowest BCUT2D eigenvalue weighted by atomic mass is 9.90.